The Morgan fingerprint density at radius 1 is 0.500 bits per heavy atom. The second-order valence-corrected chi connectivity index (χ2v) is 17.8. The Morgan fingerprint density at radius 3 is 1.33 bits per heavy atom. The van der Waals surface area contributed by atoms with E-state index in [0.29, 0.717) is 23.9 Å². The number of nitrogens with zero attached hydrogens (tertiary/aromatic N) is 1. The maximum atomic E-state index is 12.8. The minimum Gasteiger partial charge on any atom is -0.477 e. The number of allylic oxidation sites excluding steroid dienone is 6. The lowest BCUT2D eigenvalue weighted by Gasteiger charge is -2.25. The lowest BCUT2D eigenvalue weighted by atomic mass is 10.0. The van der Waals surface area contributed by atoms with Crippen molar-refractivity contribution >= 4 is 17.9 Å². The zero-order valence-corrected chi connectivity index (χ0v) is 39.6. The van der Waals surface area contributed by atoms with Crippen molar-refractivity contribution in [3.05, 3.63) is 36.5 Å². The standard InChI is InChI=1S/C51H93NO8/c1-6-8-10-12-14-16-18-20-21-22-23-24-25-26-27-28-29-30-32-34-36-38-40-42-49(54)60-47(46-59-51(50(55)56)57-44-43-52(3,4)5)45-58-48(53)41-39-37-35-33-31-19-17-15-13-11-9-7-2/h18,20,22-23,25-26,47,51H,6-17,19,21,24,27-46H2,1-5H3/p+1/b20-18-,23-22-,26-25-. The molecule has 0 saturated carbocycles. The first-order chi connectivity index (χ1) is 29.1. The third-order valence-corrected chi connectivity index (χ3v) is 10.6. The van der Waals surface area contributed by atoms with E-state index in [4.69, 9.17) is 18.9 Å². The van der Waals surface area contributed by atoms with Crippen LogP contribution in [0.5, 0.6) is 0 Å². The van der Waals surface area contributed by atoms with Crippen LogP contribution in [0.2, 0.25) is 0 Å². The molecule has 0 aliphatic rings. The van der Waals surface area contributed by atoms with Crippen LogP contribution in [0.4, 0.5) is 0 Å². The summed E-state index contributed by atoms with van der Waals surface area (Å²) in [5.41, 5.74) is 0. The van der Waals surface area contributed by atoms with Crippen molar-refractivity contribution in [1.29, 1.82) is 0 Å². The molecule has 2 atom stereocenters. The molecule has 0 saturated heterocycles. The monoisotopic (exact) mass is 849 g/mol. The predicted octanol–water partition coefficient (Wildman–Crippen LogP) is 13.4. The van der Waals surface area contributed by atoms with Crippen LogP contribution in [0, 0.1) is 0 Å². The van der Waals surface area contributed by atoms with Crippen LogP contribution in [0.3, 0.4) is 0 Å². The zero-order chi connectivity index (χ0) is 44.2. The van der Waals surface area contributed by atoms with Crippen LogP contribution < -0.4 is 0 Å². The van der Waals surface area contributed by atoms with E-state index < -0.39 is 24.3 Å². The summed E-state index contributed by atoms with van der Waals surface area (Å²) in [6, 6.07) is 0. The summed E-state index contributed by atoms with van der Waals surface area (Å²) < 4.78 is 22.8. The molecular formula is C51H94NO8+. The number of hydrogen-bond acceptors (Lipinski definition) is 7. The number of hydrogen-bond donors (Lipinski definition) is 1. The molecule has 0 bridgehead atoms. The summed E-state index contributed by atoms with van der Waals surface area (Å²) >= 11 is 0. The quantitative estimate of drug-likeness (QED) is 0.0212. The van der Waals surface area contributed by atoms with Crippen LogP contribution in [-0.2, 0) is 33.3 Å². The van der Waals surface area contributed by atoms with Crippen molar-refractivity contribution in [3.8, 4) is 0 Å². The Bertz CT molecular complexity index is 1080. The van der Waals surface area contributed by atoms with Gasteiger partial charge in [0.1, 0.15) is 13.2 Å². The van der Waals surface area contributed by atoms with Crippen molar-refractivity contribution < 1.29 is 42.9 Å². The van der Waals surface area contributed by atoms with E-state index in [0.717, 1.165) is 57.8 Å². The minimum atomic E-state index is -1.51. The number of carbonyl (C=O) groups is 3. The van der Waals surface area contributed by atoms with Crippen molar-refractivity contribution in [2.75, 3.05) is 47.5 Å². The average Bonchev–Trinajstić information content (AvgIpc) is 3.21. The summed E-state index contributed by atoms with van der Waals surface area (Å²) in [4.78, 5) is 37.2. The summed E-state index contributed by atoms with van der Waals surface area (Å²) in [6.45, 7) is 4.86. The number of carboxylic acids is 1. The Balaban J connectivity index is 4.33. The fourth-order valence-electron chi connectivity index (χ4n) is 6.78. The van der Waals surface area contributed by atoms with Gasteiger partial charge in [-0.15, -0.1) is 0 Å². The third kappa shape index (κ3) is 43.6. The normalized spacial score (nSPS) is 13.2. The fourth-order valence-corrected chi connectivity index (χ4v) is 6.78. The van der Waals surface area contributed by atoms with Crippen molar-refractivity contribution in [2.45, 2.75) is 225 Å². The topological polar surface area (TPSA) is 108 Å². The maximum Gasteiger partial charge on any atom is 0.361 e. The van der Waals surface area contributed by atoms with Crippen LogP contribution in [0.1, 0.15) is 213 Å². The van der Waals surface area contributed by atoms with E-state index in [-0.39, 0.29) is 32.2 Å². The molecule has 0 aromatic heterocycles. The van der Waals surface area contributed by atoms with Gasteiger partial charge in [-0.3, -0.25) is 9.59 Å². The van der Waals surface area contributed by atoms with Crippen molar-refractivity contribution in [1.82, 2.24) is 0 Å². The molecule has 2 unspecified atom stereocenters. The van der Waals surface area contributed by atoms with Crippen LogP contribution in [0.15, 0.2) is 36.5 Å². The van der Waals surface area contributed by atoms with E-state index >= 15 is 0 Å². The molecule has 0 aliphatic heterocycles. The smallest absolute Gasteiger partial charge is 0.361 e. The van der Waals surface area contributed by atoms with Gasteiger partial charge in [-0.2, -0.15) is 0 Å². The molecule has 0 fully saturated rings. The number of carboxylic acid groups (broad SMARTS) is 1. The number of ether oxygens (including phenoxy) is 4. The summed E-state index contributed by atoms with van der Waals surface area (Å²) in [5, 5.41) is 9.65. The number of rotatable bonds is 45. The second kappa shape index (κ2) is 43.2. The molecule has 9 heteroatoms. The SMILES string of the molecule is CCCCCCC/C=C\C/C=C\C/C=C\CCCCCCCCCCC(=O)OC(COC(=O)CCCCCCCCCCCCCC)COC(OCC[N+](C)(C)C)C(=O)O. The van der Waals surface area contributed by atoms with Gasteiger partial charge in [0.15, 0.2) is 6.10 Å². The first-order valence-corrected chi connectivity index (χ1v) is 24.7. The lowest BCUT2D eigenvalue weighted by Crippen LogP contribution is -2.40. The number of esters is 2. The Labute approximate surface area is 369 Å². The lowest BCUT2D eigenvalue weighted by molar-refractivity contribution is -0.870. The van der Waals surface area contributed by atoms with Gasteiger partial charge >= 0.3 is 17.9 Å². The molecule has 0 aromatic carbocycles. The van der Waals surface area contributed by atoms with Crippen LogP contribution >= 0.6 is 0 Å². The maximum absolute atomic E-state index is 12.8. The second-order valence-electron chi connectivity index (χ2n) is 17.8. The number of quaternary nitrogens is 1. The summed E-state index contributed by atoms with van der Waals surface area (Å²) in [5.74, 6) is -2.01. The Morgan fingerprint density at radius 2 is 0.900 bits per heavy atom. The van der Waals surface area contributed by atoms with Crippen LogP contribution in [-0.4, -0.2) is 87.4 Å². The number of carbonyl (C=O) groups excluding carboxylic acids is 2. The Hall–Kier alpha value is -2.49. The first-order valence-electron chi connectivity index (χ1n) is 24.7. The largest absolute Gasteiger partial charge is 0.477 e. The summed E-state index contributed by atoms with van der Waals surface area (Å²) in [7, 11) is 5.96. The van der Waals surface area contributed by atoms with Gasteiger partial charge < -0.3 is 28.5 Å². The molecule has 350 valence electrons. The van der Waals surface area contributed by atoms with Gasteiger partial charge in [0, 0.05) is 12.8 Å². The van der Waals surface area contributed by atoms with E-state index in [1.807, 2.05) is 21.1 Å². The highest BCUT2D eigenvalue weighted by molar-refractivity contribution is 5.71. The highest BCUT2D eigenvalue weighted by Crippen LogP contribution is 2.15. The van der Waals surface area contributed by atoms with Gasteiger partial charge in [0.05, 0.1) is 34.4 Å². The first kappa shape index (κ1) is 57.5. The predicted molar refractivity (Wildman–Crippen MR) is 249 cm³/mol. The summed E-state index contributed by atoms with van der Waals surface area (Å²) in [6.07, 6.45) is 46.3. The molecule has 0 spiro atoms. The third-order valence-electron chi connectivity index (χ3n) is 10.6. The van der Waals surface area contributed by atoms with Crippen LogP contribution in [0.25, 0.3) is 0 Å². The molecule has 1 N–H and O–H groups in total. The van der Waals surface area contributed by atoms with Crippen molar-refractivity contribution in [2.24, 2.45) is 0 Å². The minimum absolute atomic E-state index is 0.182. The Kier molecular flexibility index (Phi) is 41.4. The van der Waals surface area contributed by atoms with E-state index in [9.17, 15) is 19.5 Å². The number of unbranched alkanes of at least 4 members (excludes halogenated alkanes) is 24. The van der Waals surface area contributed by atoms with Crippen molar-refractivity contribution in [3.63, 3.8) is 0 Å². The molecule has 0 radical (unpaired) electrons. The van der Waals surface area contributed by atoms with E-state index in [1.54, 1.807) is 0 Å². The highest BCUT2D eigenvalue weighted by Gasteiger charge is 2.25. The van der Waals surface area contributed by atoms with Gasteiger partial charge in [-0.25, -0.2) is 4.79 Å². The molecular weight excluding hydrogens is 755 g/mol. The molecule has 0 rings (SSSR count). The number of aliphatic carboxylic acids is 1. The van der Waals surface area contributed by atoms with E-state index in [1.165, 1.54) is 122 Å². The van der Waals surface area contributed by atoms with Gasteiger partial charge in [0.25, 0.3) is 6.29 Å². The molecule has 9 nitrogen and oxygen atoms in total. The average molecular weight is 849 g/mol. The highest BCUT2D eigenvalue weighted by atomic mass is 16.7. The molecule has 0 aromatic rings. The van der Waals surface area contributed by atoms with Gasteiger partial charge in [-0.1, -0.05) is 185 Å². The van der Waals surface area contributed by atoms with Gasteiger partial charge in [-0.05, 0) is 51.4 Å². The molecule has 0 amide bonds. The fraction of sp³-hybridized carbons (Fsp3) is 0.824. The van der Waals surface area contributed by atoms with Gasteiger partial charge in [0.2, 0.25) is 0 Å². The zero-order valence-electron chi connectivity index (χ0n) is 39.6. The molecule has 0 heterocycles. The number of likely N-dealkylation sites (N-methyl/N-ethyl adjacent to an activating group) is 1. The molecule has 60 heavy (non-hydrogen) atoms. The molecule has 0 aliphatic carbocycles. The van der Waals surface area contributed by atoms with E-state index in [2.05, 4.69) is 50.3 Å².